The number of aryl methyl sites for hydroxylation is 1. The quantitative estimate of drug-likeness (QED) is 0.488. The third kappa shape index (κ3) is 0.923. The van der Waals surface area contributed by atoms with Crippen molar-refractivity contribution in [3.8, 4) is 0 Å². The Morgan fingerprint density at radius 2 is 2.00 bits per heavy atom. The van der Waals surface area contributed by atoms with E-state index in [2.05, 4.69) is 36.6 Å². The van der Waals surface area contributed by atoms with E-state index in [9.17, 15) is 0 Å². The first-order chi connectivity index (χ1) is 5.42. The van der Waals surface area contributed by atoms with Crippen molar-refractivity contribution in [1.82, 2.24) is 0 Å². The Balaban J connectivity index is 2.64. The first-order valence-corrected chi connectivity index (χ1v) is 3.89. The van der Waals surface area contributed by atoms with Crippen LogP contribution in [0.25, 0.3) is 5.57 Å². The summed E-state index contributed by atoms with van der Waals surface area (Å²) in [5, 5.41) is 0. The van der Waals surface area contributed by atoms with Crippen LogP contribution in [0.3, 0.4) is 0 Å². The normalized spacial score (nSPS) is 14.4. The zero-order valence-electron chi connectivity index (χ0n) is 6.43. The maximum absolute atomic E-state index is 3.68. The van der Waals surface area contributed by atoms with E-state index in [0.717, 1.165) is 12.8 Å². The molecule has 11 heavy (non-hydrogen) atoms. The minimum atomic E-state index is 1.11. The molecule has 0 unspecified atom stereocenters. The van der Waals surface area contributed by atoms with Gasteiger partial charge in [0.25, 0.3) is 0 Å². The summed E-state index contributed by atoms with van der Waals surface area (Å²) in [6.07, 6.45) is 2.27. The summed E-state index contributed by atoms with van der Waals surface area (Å²) < 4.78 is 0. The summed E-state index contributed by atoms with van der Waals surface area (Å²) in [4.78, 5) is 0. The molecule has 0 saturated heterocycles. The van der Waals surface area contributed by atoms with Gasteiger partial charge in [0.2, 0.25) is 0 Å². The van der Waals surface area contributed by atoms with E-state index in [4.69, 9.17) is 0 Å². The summed E-state index contributed by atoms with van der Waals surface area (Å²) in [6.45, 7) is 3.68. The van der Waals surface area contributed by atoms with Gasteiger partial charge >= 0.3 is 0 Å². The van der Waals surface area contributed by atoms with Crippen LogP contribution in [0.15, 0.2) is 36.6 Å². The Morgan fingerprint density at radius 3 is 2.82 bits per heavy atom. The first kappa shape index (κ1) is 6.45. The van der Waals surface area contributed by atoms with E-state index >= 15 is 0 Å². The second-order valence-electron chi connectivity index (χ2n) is 2.81. The van der Waals surface area contributed by atoms with Crippen LogP contribution in [0.5, 0.6) is 0 Å². The van der Waals surface area contributed by atoms with Gasteiger partial charge in [-0.25, -0.2) is 0 Å². The van der Waals surface area contributed by atoms with Crippen LogP contribution in [0.1, 0.15) is 17.5 Å². The molecule has 0 nitrogen and oxygen atoms in total. The van der Waals surface area contributed by atoms with Crippen molar-refractivity contribution >= 4 is 5.57 Å². The molecule has 1 aliphatic carbocycles. The molecular weight excluding hydrogens is 132 g/mol. The highest BCUT2D eigenvalue weighted by Crippen LogP contribution is 2.30. The van der Waals surface area contributed by atoms with E-state index in [1.54, 1.807) is 0 Å². The maximum Gasteiger partial charge on any atom is 0.00119 e. The minimum Gasteiger partial charge on any atom is -0.125 e. The molecule has 0 fully saturated rings. The second-order valence-corrected chi connectivity index (χ2v) is 2.81. The lowest BCUT2D eigenvalue weighted by atomic mass is 10.1. The third-order valence-electron chi connectivity index (χ3n) is 2.20. The van der Waals surface area contributed by atoms with Crippen molar-refractivity contribution in [2.45, 2.75) is 12.8 Å². The van der Waals surface area contributed by atoms with Crippen LogP contribution in [0.2, 0.25) is 0 Å². The molecule has 54 valence electrons. The van der Waals surface area contributed by atoms with Gasteiger partial charge in [-0.2, -0.15) is 0 Å². The molecule has 0 radical (unpaired) electrons. The molecule has 0 atom stereocenters. The fraction of sp³-hybridized carbons (Fsp3) is 0.182. The van der Waals surface area contributed by atoms with E-state index < -0.39 is 0 Å². The lowest BCUT2D eigenvalue weighted by molar-refractivity contribution is 1.08. The van der Waals surface area contributed by atoms with Crippen molar-refractivity contribution in [3.63, 3.8) is 0 Å². The van der Waals surface area contributed by atoms with Crippen molar-refractivity contribution in [1.29, 1.82) is 0 Å². The van der Waals surface area contributed by atoms with Gasteiger partial charge in [0, 0.05) is 5.57 Å². The highest BCUT2D eigenvalue weighted by atomic mass is 14.2. The molecule has 1 aromatic carbocycles. The van der Waals surface area contributed by atoms with Gasteiger partial charge in [-0.05, 0) is 24.0 Å². The largest absolute Gasteiger partial charge is 0.125 e. The van der Waals surface area contributed by atoms with E-state index in [1.165, 1.54) is 16.7 Å². The molecule has 0 bridgehead atoms. The molecule has 0 heteroatoms. The fourth-order valence-electron chi connectivity index (χ4n) is 1.61. The highest BCUT2D eigenvalue weighted by Gasteiger charge is 2.13. The Bertz CT molecular complexity index is 328. The summed E-state index contributed by atoms with van der Waals surface area (Å²) in [7, 11) is 0. The van der Waals surface area contributed by atoms with Crippen LogP contribution < -0.4 is 0 Å². The number of fused-ring (bicyclic) bond motifs is 1. The molecule has 0 aromatic heterocycles. The van der Waals surface area contributed by atoms with Gasteiger partial charge in [-0.1, -0.05) is 30.8 Å². The third-order valence-corrected chi connectivity index (χ3v) is 2.20. The molecule has 0 heterocycles. The fourth-order valence-corrected chi connectivity index (χ4v) is 1.61. The van der Waals surface area contributed by atoms with E-state index in [1.807, 2.05) is 0 Å². The number of benzene rings is 1. The topological polar surface area (TPSA) is 0 Å². The Kier molecular flexibility index (Phi) is 1.41. The summed E-state index contributed by atoms with van der Waals surface area (Å²) in [5.41, 5.74) is 7.06. The molecule has 0 amide bonds. The van der Waals surface area contributed by atoms with Gasteiger partial charge < -0.3 is 0 Å². The van der Waals surface area contributed by atoms with Gasteiger partial charge in [-0.3, -0.25) is 0 Å². The van der Waals surface area contributed by atoms with Crippen LogP contribution in [-0.4, -0.2) is 0 Å². The van der Waals surface area contributed by atoms with Crippen LogP contribution in [0, 0.1) is 0 Å². The lowest BCUT2D eigenvalue weighted by Gasteiger charge is -1.95. The van der Waals surface area contributed by atoms with Crippen LogP contribution >= 0.6 is 0 Å². The average molecular weight is 142 g/mol. The Labute approximate surface area is 66.9 Å². The number of rotatable bonds is 0. The molecular formula is C11H10. The predicted octanol–water partition coefficient (Wildman–Crippen LogP) is 2.80. The molecule has 0 spiro atoms. The smallest absolute Gasteiger partial charge is 0.00119 e. The van der Waals surface area contributed by atoms with Crippen LogP contribution in [0.4, 0.5) is 0 Å². The summed E-state index contributed by atoms with van der Waals surface area (Å²) in [6, 6.07) is 8.49. The van der Waals surface area contributed by atoms with Crippen molar-refractivity contribution in [2.24, 2.45) is 0 Å². The van der Waals surface area contributed by atoms with Gasteiger partial charge in [0.05, 0.1) is 0 Å². The molecule has 0 aliphatic heterocycles. The monoisotopic (exact) mass is 142 g/mol. The number of hydrogen-bond donors (Lipinski definition) is 0. The summed E-state index contributed by atoms with van der Waals surface area (Å²) >= 11 is 0. The number of hydrogen-bond acceptors (Lipinski definition) is 0. The zero-order valence-corrected chi connectivity index (χ0v) is 6.43. The van der Waals surface area contributed by atoms with Crippen molar-refractivity contribution < 1.29 is 0 Å². The maximum atomic E-state index is 3.68. The van der Waals surface area contributed by atoms with Crippen molar-refractivity contribution in [3.05, 3.63) is 47.7 Å². The highest BCUT2D eigenvalue weighted by molar-refractivity contribution is 5.71. The molecule has 0 N–H and O–H groups in total. The summed E-state index contributed by atoms with van der Waals surface area (Å²) in [5.74, 6) is 0. The molecule has 2 rings (SSSR count). The van der Waals surface area contributed by atoms with Crippen LogP contribution in [-0.2, 0) is 6.42 Å². The SMILES string of the molecule is C=C=C1CCc2ccccc21. The second kappa shape index (κ2) is 2.41. The van der Waals surface area contributed by atoms with Crippen molar-refractivity contribution in [2.75, 3.05) is 0 Å². The average Bonchev–Trinajstić information content (AvgIpc) is 2.47. The first-order valence-electron chi connectivity index (χ1n) is 3.89. The van der Waals surface area contributed by atoms with Gasteiger partial charge in [-0.15, -0.1) is 5.73 Å². The Hall–Kier alpha value is -1.26. The molecule has 1 aliphatic rings. The van der Waals surface area contributed by atoms with E-state index in [-0.39, 0.29) is 0 Å². The number of allylic oxidation sites excluding steroid dienone is 1. The van der Waals surface area contributed by atoms with E-state index in [0.29, 0.717) is 0 Å². The lowest BCUT2D eigenvalue weighted by Crippen LogP contribution is -1.76. The van der Waals surface area contributed by atoms with Gasteiger partial charge in [0.15, 0.2) is 0 Å². The molecule has 1 aromatic rings. The molecule has 0 saturated carbocycles. The Morgan fingerprint density at radius 1 is 1.18 bits per heavy atom. The van der Waals surface area contributed by atoms with Gasteiger partial charge in [0.1, 0.15) is 0 Å². The standard InChI is InChI=1S/C11H10/c1-2-9-7-8-10-5-3-4-6-11(9)10/h3-6H,1,7-8H2. The predicted molar refractivity (Wildman–Crippen MR) is 47.3 cm³/mol. The zero-order chi connectivity index (χ0) is 7.68. The minimum absolute atomic E-state index is 1.11.